The fourth-order valence-corrected chi connectivity index (χ4v) is 5.38. The number of thioether (sulfide) groups is 1. The van der Waals surface area contributed by atoms with Crippen molar-refractivity contribution >= 4 is 29.3 Å². The lowest BCUT2D eigenvalue weighted by Crippen LogP contribution is -2.54. The molecule has 0 saturated heterocycles. The molecule has 1 atom stereocenters. The summed E-state index contributed by atoms with van der Waals surface area (Å²) in [4.78, 5) is 16.5. The highest BCUT2D eigenvalue weighted by Crippen LogP contribution is 2.38. The summed E-state index contributed by atoms with van der Waals surface area (Å²) in [5.41, 5.74) is 2.09. The Hall–Kier alpha value is -4.03. The van der Waals surface area contributed by atoms with Crippen LogP contribution in [0.15, 0.2) is 114 Å². The van der Waals surface area contributed by atoms with Gasteiger partial charge in [-0.3, -0.25) is 0 Å². The van der Waals surface area contributed by atoms with Crippen molar-refractivity contribution in [1.82, 2.24) is 0 Å². The minimum Gasteiger partial charge on any atom is -0.545 e. The van der Waals surface area contributed by atoms with Crippen molar-refractivity contribution in [2.75, 3.05) is 24.8 Å². The maximum Gasteiger partial charge on any atom is 0.286 e. The molecule has 4 aromatic carbocycles. The van der Waals surface area contributed by atoms with Crippen LogP contribution in [0, 0.1) is 0 Å². The van der Waals surface area contributed by atoms with Gasteiger partial charge in [0, 0.05) is 10.5 Å². The SMILES string of the molecule is COc1ccc(N2CC(C(=O)[O-])(c3ccc(SC)cc3)[N+](Cc3ccccc3)=C2c2ccccc2)cc1. The highest BCUT2D eigenvalue weighted by Gasteiger charge is 2.54. The van der Waals surface area contributed by atoms with Gasteiger partial charge in [0.25, 0.3) is 5.84 Å². The quantitative estimate of drug-likeness (QED) is 0.258. The summed E-state index contributed by atoms with van der Waals surface area (Å²) < 4.78 is 7.36. The fourth-order valence-electron chi connectivity index (χ4n) is 4.97. The molecule has 1 unspecified atom stereocenters. The average molecular weight is 509 g/mol. The molecule has 0 radical (unpaired) electrons. The summed E-state index contributed by atoms with van der Waals surface area (Å²) in [6.45, 7) is 0.591. The lowest BCUT2D eigenvalue weighted by Gasteiger charge is -2.30. The Morgan fingerprint density at radius 3 is 2.11 bits per heavy atom. The van der Waals surface area contributed by atoms with E-state index in [0.29, 0.717) is 12.1 Å². The van der Waals surface area contributed by atoms with Crippen LogP contribution in [0.2, 0.25) is 0 Å². The van der Waals surface area contributed by atoms with Gasteiger partial charge in [0.2, 0.25) is 5.54 Å². The van der Waals surface area contributed by atoms with Crippen molar-refractivity contribution in [3.8, 4) is 5.75 Å². The number of hydrogen-bond acceptors (Lipinski definition) is 5. The molecule has 0 fully saturated rings. The first-order chi connectivity index (χ1) is 18.1. The van der Waals surface area contributed by atoms with E-state index in [2.05, 4.69) is 4.90 Å². The number of carboxylic acids is 1. The standard InChI is InChI=1S/C31H28N2O3S/c1-36-27-17-15-26(16-18-27)32-22-31(30(34)35,25-13-19-28(37-2)20-14-25)33(21-23-9-5-3-6-10-23)29(32)24-11-7-4-8-12-24/h3-20H,21-22H2,1-2H3. The van der Waals surface area contributed by atoms with E-state index in [0.717, 1.165) is 33.3 Å². The Morgan fingerprint density at radius 1 is 0.919 bits per heavy atom. The molecular formula is C31H28N2O3S. The van der Waals surface area contributed by atoms with Crippen LogP contribution in [0.1, 0.15) is 16.7 Å². The molecule has 186 valence electrons. The third kappa shape index (κ3) is 4.60. The smallest absolute Gasteiger partial charge is 0.286 e. The summed E-state index contributed by atoms with van der Waals surface area (Å²) in [6, 6.07) is 35.4. The fraction of sp³-hybridized carbons (Fsp3) is 0.161. The molecule has 0 N–H and O–H groups in total. The molecule has 0 amide bonds. The number of rotatable bonds is 8. The molecule has 0 aromatic heterocycles. The van der Waals surface area contributed by atoms with Gasteiger partial charge in [-0.05, 0) is 60.4 Å². The van der Waals surface area contributed by atoms with E-state index in [1.54, 1.807) is 18.9 Å². The summed E-state index contributed by atoms with van der Waals surface area (Å²) in [5.74, 6) is 0.418. The number of hydrogen-bond donors (Lipinski definition) is 0. The van der Waals surface area contributed by atoms with Crippen molar-refractivity contribution in [2.24, 2.45) is 0 Å². The normalized spacial score (nSPS) is 17.2. The minimum absolute atomic E-state index is 0.192. The number of methoxy groups -OCH3 is 1. The van der Waals surface area contributed by atoms with Crippen LogP contribution in [0.5, 0.6) is 5.75 Å². The Morgan fingerprint density at radius 2 is 1.54 bits per heavy atom. The summed E-state index contributed by atoms with van der Waals surface area (Å²) in [5, 5.41) is 13.3. The second-order valence-electron chi connectivity index (χ2n) is 8.92. The number of nitrogens with zero attached hydrogens (tertiary/aromatic N) is 2. The highest BCUT2D eigenvalue weighted by molar-refractivity contribution is 7.98. The molecule has 37 heavy (non-hydrogen) atoms. The van der Waals surface area contributed by atoms with Gasteiger partial charge in [-0.15, -0.1) is 11.8 Å². The minimum atomic E-state index is -1.42. The van der Waals surface area contributed by atoms with E-state index in [1.165, 1.54) is 0 Å². The number of benzene rings is 4. The predicted molar refractivity (Wildman–Crippen MR) is 146 cm³/mol. The Balaban J connectivity index is 1.79. The molecule has 0 spiro atoms. The maximum absolute atomic E-state index is 13.3. The molecule has 0 bridgehead atoms. The first kappa shape index (κ1) is 24.7. The van der Waals surface area contributed by atoms with Gasteiger partial charge in [-0.25, -0.2) is 9.48 Å². The molecule has 4 aromatic rings. The highest BCUT2D eigenvalue weighted by atomic mass is 32.2. The average Bonchev–Trinajstić information content (AvgIpc) is 3.30. The van der Waals surface area contributed by atoms with Crippen LogP contribution in [-0.4, -0.2) is 36.3 Å². The third-order valence-electron chi connectivity index (χ3n) is 6.86. The molecular weight excluding hydrogens is 480 g/mol. The number of carbonyl (C=O) groups excluding carboxylic acids is 1. The lowest BCUT2D eigenvalue weighted by atomic mass is 9.89. The largest absolute Gasteiger partial charge is 0.545 e. The van der Waals surface area contributed by atoms with Gasteiger partial charge in [-0.2, -0.15) is 0 Å². The van der Waals surface area contributed by atoms with Gasteiger partial charge >= 0.3 is 0 Å². The molecule has 0 aliphatic carbocycles. The van der Waals surface area contributed by atoms with Gasteiger partial charge in [0.1, 0.15) is 24.5 Å². The molecule has 1 aliphatic heterocycles. The molecule has 5 rings (SSSR count). The molecule has 5 nitrogen and oxygen atoms in total. The van der Waals surface area contributed by atoms with E-state index >= 15 is 0 Å². The van der Waals surface area contributed by atoms with Crippen LogP contribution in [0.4, 0.5) is 5.69 Å². The molecule has 1 aliphatic rings. The summed E-state index contributed by atoms with van der Waals surface area (Å²) in [7, 11) is 1.63. The molecule has 0 saturated carbocycles. The van der Waals surface area contributed by atoms with E-state index < -0.39 is 11.5 Å². The van der Waals surface area contributed by atoms with Crippen LogP contribution in [-0.2, 0) is 16.9 Å². The molecule has 6 heteroatoms. The number of amidine groups is 1. The number of anilines is 1. The van der Waals surface area contributed by atoms with E-state index in [4.69, 9.17) is 4.74 Å². The second-order valence-corrected chi connectivity index (χ2v) is 9.80. The van der Waals surface area contributed by atoms with Crippen LogP contribution >= 0.6 is 11.8 Å². The van der Waals surface area contributed by atoms with Crippen LogP contribution < -0.4 is 14.7 Å². The van der Waals surface area contributed by atoms with E-state index in [1.807, 2.05) is 120 Å². The Labute approximate surface area is 221 Å². The van der Waals surface area contributed by atoms with Crippen molar-refractivity contribution in [2.45, 2.75) is 17.0 Å². The van der Waals surface area contributed by atoms with Crippen LogP contribution in [0.25, 0.3) is 0 Å². The number of carbonyl (C=O) groups is 1. The Bertz CT molecular complexity index is 1400. The topological polar surface area (TPSA) is 55.6 Å². The third-order valence-corrected chi connectivity index (χ3v) is 7.61. The lowest BCUT2D eigenvalue weighted by molar-refractivity contribution is -0.616. The second kappa shape index (κ2) is 10.5. The van der Waals surface area contributed by atoms with Gasteiger partial charge in [0.15, 0.2) is 0 Å². The number of aliphatic carboxylic acids is 1. The van der Waals surface area contributed by atoms with Crippen molar-refractivity contribution in [3.63, 3.8) is 0 Å². The monoisotopic (exact) mass is 508 g/mol. The zero-order valence-electron chi connectivity index (χ0n) is 20.8. The van der Waals surface area contributed by atoms with E-state index in [-0.39, 0.29) is 6.54 Å². The van der Waals surface area contributed by atoms with E-state index in [9.17, 15) is 9.90 Å². The van der Waals surface area contributed by atoms with Gasteiger partial charge in [0.05, 0.1) is 18.6 Å². The molecule has 1 heterocycles. The number of ether oxygens (including phenoxy) is 1. The van der Waals surface area contributed by atoms with Crippen molar-refractivity contribution in [3.05, 3.63) is 126 Å². The zero-order valence-corrected chi connectivity index (χ0v) is 21.7. The van der Waals surface area contributed by atoms with Crippen molar-refractivity contribution in [1.29, 1.82) is 0 Å². The van der Waals surface area contributed by atoms with Gasteiger partial charge < -0.3 is 14.6 Å². The number of carboxylic acid groups (broad SMARTS) is 1. The first-order valence-corrected chi connectivity index (χ1v) is 13.3. The van der Waals surface area contributed by atoms with Crippen LogP contribution in [0.3, 0.4) is 0 Å². The maximum atomic E-state index is 13.3. The summed E-state index contributed by atoms with van der Waals surface area (Å²) in [6.07, 6.45) is 2.01. The zero-order chi connectivity index (χ0) is 25.8. The Kier molecular flexibility index (Phi) is 7.01. The van der Waals surface area contributed by atoms with Crippen molar-refractivity contribution < 1.29 is 19.2 Å². The predicted octanol–water partition coefficient (Wildman–Crippen LogP) is 4.54. The first-order valence-electron chi connectivity index (χ1n) is 12.1. The summed E-state index contributed by atoms with van der Waals surface area (Å²) >= 11 is 1.62. The van der Waals surface area contributed by atoms with Gasteiger partial charge in [-0.1, -0.05) is 60.7 Å².